The van der Waals surface area contributed by atoms with Gasteiger partial charge in [-0.2, -0.15) is 15.0 Å². The van der Waals surface area contributed by atoms with Gasteiger partial charge < -0.3 is 15.0 Å². The summed E-state index contributed by atoms with van der Waals surface area (Å²) < 4.78 is 5.51. The van der Waals surface area contributed by atoms with E-state index >= 15 is 0 Å². The van der Waals surface area contributed by atoms with Crippen LogP contribution in [0.3, 0.4) is 0 Å². The first kappa shape index (κ1) is 15.5. The van der Waals surface area contributed by atoms with Gasteiger partial charge in [0.05, 0.1) is 6.61 Å². The number of ether oxygens (including phenoxy) is 1. The van der Waals surface area contributed by atoms with Crippen LogP contribution >= 0.6 is 0 Å². The largest absolute Gasteiger partial charge is 0.463 e. The highest BCUT2D eigenvalue weighted by molar-refractivity contribution is 5.38. The van der Waals surface area contributed by atoms with Crippen molar-refractivity contribution in [3.63, 3.8) is 0 Å². The Morgan fingerprint density at radius 2 is 1.84 bits per heavy atom. The molecule has 1 aromatic rings. The van der Waals surface area contributed by atoms with Crippen LogP contribution in [-0.4, -0.2) is 41.7 Å². The molecule has 0 aliphatic carbocycles. The summed E-state index contributed by atoms with van der Waals surface area (Å²) in [4.78, 5) is 15.1. The number of anilines is 2. The van der Waals surface area contributed by atoms with Gasteiger partial charge in [-0.25, -0.2) is 0 Å². The number of aromatic nitrogens is 3. The predicted octanol–water partition coefficient (Wildman–Crippen LogP) is 2.33. The lowest BCUT2D eigenvalue weighted by Gasteiger charge is -2.26. The molecule has 6 nitrogen and oxygen atoms in total. The van der Waals surface area contributed by atoms with E-state index in [1.807, 2.05) is 7.05 Å². The van der Waals surface area contributed by atoms with Crippen LogP contribution in [-0.2, 0) is 0 Å². The Hall–Kier alpha value is -1.59. The van der Waals surface area contributed by atoms with Crippen LogP contribution in [0.4, 0.5) is 11.9 Å². The highest BCUT2D eigenvalue weighted by atomic mass is 16.5. The van der Waals surface area contributed by atoms with Crippen molar-refractivity contribution in [2.75, 3.05) is 30.9 Å². The second-order valence-corrected chi connectivity index (χ2v) is 4.42. The lowest BCUT2D eigenvalue weighted by molar-refractivity contribution is 0.291. The number of nitrogens with zero attached hydrogens (tertiary/aromatic N) is 4. The summed E-state index contributed by atoms with van der Waals surface area (Å²) in [6, 6.07) is 0.806. The fraction of sp³-hybridized carbons (Fsp3) is 0.769. The summed E-state index contributed by atoms with van der Waals surface area (Å²) in [7, 11) is 3.80. The second-order valence-electron chi connectivity index (χ2n) is 4.42. The summed E-state index contributed by atoms with van der Waals surface area (Å²) in [5.41, 5.74) is 0. The van der Waals surface area contributed by atoms with Crippen LogP contribution in [0.25, 0.3) is 0 Å². The van der Waals surface area contributed by atoms with Crippen molar-refractivity contribution in [1.82, 2.24) is 15.0 Å². The molecule has 0 unspecified atom stereocenters. The first-order valence-electron chi connectivity index (χ1n) is 6.95. The molecule has 1 rings (SSSR count). The molecule has 0 atom stereocenters. The van der Waals surface area contributed by atoms with Gasteiger partial charge in [0.2, 0.25) is 11.9 Å². The third kappa shape index (κ3) is 4.22. The number of hydrogen-bond donors (Lipinski definition) is 1. The summed E-state index contributed by atoms with van der Waals surface area (Å²) >= 11 is 0. The van der Waals surface area contributed by atoms with Gasteiger partial charge in [0.25, 0.3) is 0 Å². The monoisotopic (exact) mass is 267 g/mol. The van der Waals surface area contributed by atoms with E-state index in [2.05, 4.69) is 45.9 Å². The van der Waals surface area contributed by atoms with Crippen LogP contribution in [0.15, 0.2) is 0 Å². The zero-order valence-corrected chi connectivity index (χ0v) is 12.6. The Bertz CT molecular complexity index is 381. The minimum Gasteiger partial charge on any atom is -0.463 e. The highest BCUT2D eigenvalue weighted by Gasteiger charge is 2.16. The Labute approximate surface area is 115 Å². The maximum atomic E-state index is 5.51. The summed E-state index contributed by atoms with van der Waals surface area (Å²) in [5.74, 6) is 1.19. The minimum absolute atomic E-state index is 0.383. The molecule has 108 valence electrons. The molecular formula is C13H25N5O. The smallest absolute Gasteiger partial charge is 0.323 e. The van der Waals surface area contributed by atoms with Crippen LogP contribution < -0.4 is 15.0 Å². The normalized spacial score (nSPS) is 10.6. The van der Waals surface area contributed by atoms with E-state index in [-0.39, 0.29) is 0 Å². The molecule has 0 aliphatic rings. The van der Waals surface area contributed by atoms with E-state index in [0.29, 0.717) is 30.6 Å². The van der Waals surface area contributed by atoms with Crippen molar-refractivity contribution in [3.8, 4) is 6.01 Å². The molecule has 0 fully saturated rings. The average Bonchev–Trinajstić information content (AvgIpc) is 2.45. The zero-order valence-electron chi connectivity index (χ0n) is 12.6. The SMILES string of the molecule is CCCOc1nc(NC)nc(N(C)C(CC)CC)n1. The van der Waals surface area contributed by atoms with Gasteiger partial charge in [-0.1, -0.05) is 20.8 Å². The van der Waals surface area contributed by atoms with Crippen molar-refractivity contribution in [2.24, 2.45) is 0 Å². The van der Waals surface area contributed by atoms with Gasteiger partial charge in [-0.3, -0.25) is 0 Å². The molecule has 0 bridgehead atoms. The van der Waals surface area contributed by atoms with E-state index in [0.717, 1.165) is 19.3 Å². The van der Waals surface area contributed by atoms with Gasteiger partial charge in [-0.05, 0) is 19.3 Å². The van der Waals surface area contributed by atoms with Gasteiger partial charge in [0, 0.05) is 20.1 Å². The van der Waals surface area contributed by atoms with Crippen molar-refractivity contribution in [2.45, 2.75) is 46.1 Å². The summed E-state index contributed by atoms with van der Waals surface area (Å²) in [5, 5.41) is 2.95. The third-order valence-corrected chi connectivity index (χ3v) is 3.07. The van der Waals surface area contributed by atoms with Crippen molar-refractivity contribution in [1.29, 1.82) is 0 Å². The topological polar surface area (TPSA) is 63.2 Å². The maximum absolute atomic E-state index is 5.51. The Morgan fingerprint density at radius 3 is 2.37 bits per heavy atom. The van der Waals surface area contributed by atoms with Crippen LogP contribution in [0.5, 0.6) is 6.01 Å². The van der Waals surface area contributed by atoms with Crippen molar-refractivity contribution < 1.29 is 4.74 Å². The van der Waals surface area contributed by atoms with Gasteiger partial charge >= 0.3 is 6.01 Å². The Balaban J connectivity index is 2.98. The lowest BCUT2D eigenvalue weighted by atomic mass is 10.1. The first-order chi connectivity index (χ1) is 9.15. The zero-order chi connectivity index (χ0) is 14.3. The molecule has 19 heavy (non-hydrogen) atoms. The van der Waals surface area contributed by atoms with Gasteiger partial charge in [-0.15, -0.1) is 0 Å². The maximum Gasteiger partial charge on any atom is 0.323 e. The molecule has 0 aliphatic heterocycles. The average molecular weight is 267 g/mol. The number of hydrogen-bond acceptors (Lipinski definition) is 6. The molecule has 0 saturated carbocycles. The molecule has 6 heteroatoms. The Kier molecular flexibility index (Phi) is 6.32. The standard InChI is InChI=1S/C13H25N5O/c1-6-9-19-13-16-11(14-4)15-12(17-13)18(5)10(7-2)8-3/h10H,6-9H2,1-5H3,(H,14,15,16,17). The van der Waals surface area contributed by atoms with Crippen molar-refractivity contribution >= 4 is 11.9 Å². The lowest BCUT2D eigenvalue weighted by Crippen LogP contribution is -2.32. The van der Waals surface area contributed by atoms with Crippen molar-refractivity contribution in [3.05, 3.63) is 0 Å². The fourth-order valence-electron chi connectivity index (χ4n) is 1.87. The van der Waals surface area contributed by atoms with Gasteiger partial charge in [0.1, 0.15) is 0 Å². The highest BCUT2D eigenvalue weighted by Crippen LogP contribution is 2.18. The quantitative estimate of drug-likeness (QED) is 0.780. The molecule has 1 aromatic heterocycles. The van der Waals surface area contributed by atoms with Gasteiger partial charge in [0.15, 0.2) is 0 Å². The Morgan fingerprint density at radius 1 is 1.16 bits per heavy atom. The fourth-order valence-corrected chi connectivity index (χ4v) is 1.87. The molecule has 0 aromatic carbocycles. The molecule has 1 heterocycles. The van der Waals surface area contributed by atoms with E-state index in [4.69, 9.17) is 4.74 Å². The molecule has 0 saturated heterocycles. The van der Waals surface area contributed by atoms with E-state index in [1.165, 1.54) is 0 Å². The molecule has 0 spiro atoms. The third-order valence-electron chi connectivity index (χ3n) is 3.07. The number of nitrogens with one attached hydrogen (secondary N) is 1. The second kappa shape index (κ2) is 7.76. The molecule has 0 radical (unpaired) electrons. The predicted molar refractivity (Wildman–Crippen MR) is 77.9 cm³/mol. The number of rotatable bonds is 8. The molecular weight excluding hydrogens is 242 g/mol. The van der Waals surface area contributed by atoms with E-state index in [1.54, 1.807) is 7.05 Å². The summed E-state index contributed by atoms with van der Waals surface area (Å²) in [6.45, 7) is 7.00. The van der Waals surface area contributed by atoms with E-state index in [9.17, 15) is 0 Å². The van der Waals surface area contributed by atoms with Crippen LogP contribution in [0.2, 0.25) is 0 Å². The van der Waals surface area contributed by atoms with Crippen LogP contribution in [0, 0.1) is 0 Å². The summed E-state index contributed by atoms with van der Waals surface area (Å²) in [6.07, 6.45) is 3.04. The first-order valence-corrected chi connectivity index (χ1v) is 6.95. The molecule has 1 N–H and O–H groups in total. The van der Waals surface area contributed by atoms with Crippen LogP contribution in [0.1, 0.15) is 40.0 Å². The molecule has 0 amide bonds. The van der Waals surface area contributed by atoms with E-state index < -0.39 is 0 Å². The minimum atomic E-state index is 0.383.